The molecule has 6 heteroatoms. The van der Waals surface area contributed by atoms with E-state index >= 15 is 0 Å². The zero-order chi connectivity index (χ0) is 16.4. The van der Waals surface area contributed by atoms with Crippen LogP contribution >= 0.6 is 0 Å². The van der Waals surface area contributed by atoms with Crippen molar-refractivity contribution in [2.24, 2.45) is 0 Å². The van der Waals surface area contributed by atoms with Gasteiger partial charge in [-0.05, 0) is 59.3 Å². The van der Waals surface area contributed by atoms with Crippen LogP contribution in [0.3, 0.4) is 0 Å². The molecule has 0 aliphatic rings. The Labute approximate surface area is 133 Å². The smallest absolute Gasteiger partial charge is 0.339 e. The number of phenols is 1. The third-order valence-corrected chi connectivity index (χ3v) is 4.61. The lowest BCUT2D eigenvalue weighted by Crippen LogP contribution is -2.09. The lowest BCUT2D eigenvalue weighted by Gasteiger charge is -2.08. The molecule has 0 spiro atoms. The zero-order valence-electron chi connectivity index (χ0n) is 12.3. The predicted molar refractivity (Wildman–Crippen MR) is 86.4 cm³/mol. The molecule has 0 heterocycles. The first-order chi connectivity index (χ1) is 11.0. The number of methoxy groups -OCH3 is 1. The summed E-state index contributed by atoms with van der Waals surface area (Å²) >= 11 is 0. The van der Waals surface area contributed by atoms with Crippen molar-refractivity contribution in [3.8, 4) is 17.2 Å². The predicted octanol–water partition coefficient (Wildman–Crippen LogP) is 3.32. The van der Waals surface area contributed by atoms with Gasteiger partial charge >= 0.3 is 10.1 Å². The summed E-state index contributed by atoms with van der Waals surface area (Å²) in [7, 11) is -2.43. The summed E-state index contributed by atoms with van der Waals surface area (Å²) in [6, 6.07) is 15.7. The molecule has 0 atom stereocenters. The number of rotatable bonds is 4. The van der Waals surface area contributed by atoms with Gasteiger partial charge in [-0.15, -0.1) is 0 Å². The summed E-state index contributed by atoms with van der Waals surface area (Å²) in [5.74, 6) is 0.844. The second-order valence-corrected chi connectivity index (χ2v) is 6.45. The third-order valence-electron chi connectivity index (χ3n) is 3.35. The van der Waals surface area contributed by atoms with Crippen LogP contribution in [0.1, 0.15) is 0 Å². The van der Waals surface area contributed by atoms with Crippen molar-refractivity contribution in [3.05, 3.63) is 60.7 Å². The van der Waals surface area contributed by atoms with Crippen LogP contribution in [0.15, 0.2) is 65.6 Å². The van der Waals surface area contributed by atoms with E-state index in [0.29, 0.717) is 11.1 Å². The van der Waals surface area contributed by atoms with E-state index in [1.807, 2.05) is 0 Å². The first-order valence-electron chi connectivity index (χ1n) is 6.79. The summed E-state index contributed by atoms with van der Waals surface area (Å²) in [6.45, 7) is 0. The van der Waals surface area contributed by atoms with Gasteiger partial charge in [0, 0.05) is 0 Å². The van der Waals surface area contributed by atoms with Gasteiger partial charge in [-0.25, -0.2) is 0 Å². The van der Waals surface area contributed by atoms with E-state index in [0.717, 1.165) is 5.39 Å². The fraction of sp³-hybridized carbons (Fsp3) is 0.0588. The molecule has 118 valence electrons. The van der Waals surface area contributed by atoms with E-state index in [2.05, 4.69) is 0 Å². The number of phenolic OH excluding ortho intramolecular Hbond substituents is 1. The van der Waals surface area contributed by atoms with Gasteiger partial charge in [0.2, 0.25) is 0 Å². The van der Waals surface area contributed by atoms with Crippen molar-refractivity contribution < 1.29 is 22.4 Å². The average molecular weight is 330 g/mol. The zero-order valence-corrected chi connectivity index (χ0v) is 13.1. The molecule has 3 aromatic carbocycles. The van der Waals surface area contributed by atoms with E-state index in [9.17, 15) is 13.5 Å². The molecule has 1 N–H and O–H groups in total. The summed E-state index contributed by atoms with van der Waals surface area (Å²) in [4.78, 5) is 0.0364. The highest BCUT2D eigenvalue weighted by Gasteiger charge is 2.17. The SMILES string of the molecule is COc1ccc(S(=O)(=O)Oc2ccc3ccc(O)cc3c2)cc1. The number of hydrogen-bond donors (Lipinski definition) is 1. The van der Waals surface area contributed by atoms with E-state index in [1.54, 1.807) is 48.5 Å². The summed E-state index contributed by atoms with van der Waals surface area (Å²) < 4.78 is 34.7. The highest BCUT2D eigenvalue weighted by molar-refractivity contribution is 7.87. The minimum absolute atomic E-state index is 0.0364. The second-order valence-electron chi connectivity index (χ2n) is 4.91. The van der Waals surface area contributed by atoms with Crippen molar-refractivity contribution in [2.75, 3.05) is 7.11 Å². The van der Waals surface area contributed by atoms with E-state index in [4.69, 9.17) is 8.92 Å². The standard InChI is InChI=1S/C17H14O5S/c1-21-15-6-8-17(9-7-15)23(19,20)22-16-5-3-12-2-4-14(18)10-13(12)11-16/h2-11,18H,1H3. The molecule has 0 aliphatic heterocycles. The maximum Gasteiger partial charge on any atom is 0.339 e. The monoisotopic (exact) mass is 330 g/mol. The molecule has 0 amide bonds. The van der Waals surface area contributed by atoms with Crippen LogP contribution in [-0.4, -0.2) is 20.6 Å². The van der Waals surface area contributed by atoms with E-state index in [1.165, 1.54) is 19.2 Å². The van der Waals surface area contributed by atoms with Crippen molar-refractivity contribution in [1.29, 1.82) is 0 Å². The van der Waals surface area contributed by atoms with Gasteiger partial charge in [-0.1, -0.05) is 12.1 Å². The van der Waals surface area contributed by atoms with Gasteiger partial charge in [-0.3, -0.25) is 0 Å². The van der Waals surface area contributed by atoms with Gasteiger partial charge in [0.25, 0.3) is 0 Å². The Morgan fingerprint density at radius 1 is 0.826 bits per heavy atom. The molecule has 0 unspecified atom stereocenters. The van der Waals surface area contributed by atoms with Crippen molar-refractivity contribution in [2.45, 2.75) is 4.90 Å². The number of benzene rings is 3. The molecule has 0 aromatic heterocycles. The Bertz CT molecular complexity index is 946. The summed E-state index contributed by atoms with van der Waals surface area (Å²) in [5.41, 5.74) is 0. The molecular weight excluding hydrogens is 316 g/mol. The van der Waals surface area contributed by atoms with E-state index < -0.39 is 10.1 Å². The quantitative estimate of drug-likeness (QED) is 0.743. The molecule has 23 heavy (non-hydrogen) atoms. The largest absolute Gasteiger partial charge is 0.508 e. The van der Waals surface area contributed by atoms with Crippen molar-refractivity contribution in [3.63, 3.8) is 0 Å². The maximum atomic E-state index is 12.3. The Kier molecular flexibility index (Phi) is 3.83. The van der Waals surface area contributed by atoms with Gasteiger partial charge in [0.1, 0.15) is 22.1 Å². The topological polar surface area (TPSA) is 72.8 Å². The summed E-state index contributed by atoms with van der Waals surface area (Å²) in [5, 5.41) is 11.1. The van der Waals surface area contributed by atoms with Crippen LogP contribution < -0.4 is 8.92 Å². The first kappa shape index (κ1) is 15.2. The van der Waals surface area contributed by atoms with Crippen molar-refractivity contribution >= 4 is 20.9 Å². The van der Waals surface area contributed by atoms with Gasteiger partial charge in [0.05, 0.1) is 7.11 Å². The van der Waals surface area contributed by atoms with Crippen LogP contribution in [0.4, 0.5) is 0 Å². The summed E-state index contributed by atoms with van der Waals surface area (Å²) in [6.07, 6.45) is 0. The van der Waals surface area contributed by atoms with Crippen molar-refractivity contribution in [1.82, 2.24) is 0 Å². The van der Waals surface area contributed by atoms with Gasteiger partial charge < -0.3 is 14.0 Å². The molecule has 0 saturated heterocycles. The minimum atomic E-state index is -3.94. The second kappa shape index (κ2) is 5.81. The Morgan fingerprint density at radius 3 is 2.17 bits per heavy atom. The third kappa shape index (κ3) is 3.22. The highest BCUT2D eigenvalue weighted by atomic mass is 32.2. The molecule has 3 rings (SSSR count). The normalized spacial score (nSPS) is 11.3. The Balaban J connectivity index is 1.92. The molecule has 0 radical (unpaired) electrons. The van der Waals surface area contributed by atoms with Crippen LogP contribution in [0.2, 0.25) is 0 Å². The fourth-order valence-corrected chi connectivity index (χ4v) is 3.10. The minimum Gasteiger partial charge on any atom is -0.508 e. The van der Waals surface area contributed by atoms with E-state index in [-0.39, 0.29) is 16.4 Å². The van der Waals surface area contributed by atoms with Crippen LogP contribution in [0.25, 0.3) is 10.8 Å². The molecule has 3 aromatic rings. The van der Waals surface area contributed by atoms with Gasteiger partial charge in [-0.2, -0.15) is 8.42 Å². The first-order valence-corrected chi connectivity index (χ1v) is 8.20. The highest BCUT2D eigenvalue weighted by Crippen LogP contribution is 2.27. The molecule has 0 fully saturated rings. The maximum absolute atomic E-state index is 12.3. The number of aromatic hydroxyl groups is 1. The molecular formula is C17H14O5S. The lowest BCUT2D eigenvalue weighted by molar-refractivity contribution is 0.414. The van der Waals surface area contributed by atoms with Crippen LogP contribution in [0, 0.1) is 0 Å². The lowest BCUT2D eigenvalue weighted by atomic mass is 10.1. The number of fused-ring (bicyclic) bond motifs is 1. The number of ether oxygens (including phenoxy) is 1. The molecule has 5 nitrogen and oxygen atoms in total. The van der Waals surface area contributed by atoms with Crippen LogP contribution in [0.5, 0.6) is 17.2 Å². The molecule has 0 saturated carbocycles. The van der Waals surface area contributed by atoms with Gasteiger partial charge in [0.15, 0.2) is 0 Å². The van der Waals surface area contributed by atoms with Crippen LogP contribution in [-0.2, 0) is 10.1 Å². The fourth-order valence-electron chi connectivity index (χ4n) is 2.18. The average Bonchev–Trinajstić information content (AvgIpc) is 2.54. The molecule has 0 aliphatic carbocycles. The Hall–Kier alpha value is -2.73. The number of hydrogen-bond acceptors (Lipinski definition) is 5. The Morgan fingerprint density at radius 2 is 1.48 bits per heavy atom. The molecule has 0 bridgehead atoms.